The molecule has 0 amide bonds. The normalized spacial score (nSPS) is 14.2. The molecule has 1 aliphatic rings. The summed E-state index contributed by atoms with van der Waals surface area (Å²) in [5.41, 5.74) is 3.57. The second kappa shape index (κ2) is 5.63. The Kier molecular flexibility index (Phi) is 3.69. The van der Waals surface area contributed by atoms with Crippen LogP contribution in [-0.2, 0) is 12.8 Å². The predicted octanol–water partition coefficient (Wildman–Crippen LogP) is 2.20. The van der Waals surface area contributed by atoms with Crippen LogP contribution in [0.15, 0.2) is 22.7 Å². The van der Waals surface area contributed by atoms with Crippen LogP contribution in [0.5, 0.6) is 0 Å². The Morgan fingerprint density at radius 1 is 1.35 bits per heavy atom. The summed E-state index contributed by atoms with van der Waals surface area (Å²) in [6.07, 6.45) is 3.09. The molecule has 0 atom stereocenters. The number of hydrogen-bond donors (Lipinski definition) is 1. The fraction of sp³-hybridized carbons (Fsp3) is 0.467. The number of rotatable bonds is 4. The molecule has 0 aliphatic carbocycles. The lowest BCUT2D eigenvalue weighted by molar-refractivity contribution is 0.392. The highest BCUT2D eigenvalue weighted by Gasteiger charge is 2.13. The Balaban J connectivity index is 1.79. The third-order valence-corrected chi connectivity index (χ3v) is 3.54. The summed E-state index contributed by atoms with van der Waals surface area (Å²) in [5, 5.41) is 7.46. The molecular formula is C15H20N4O. The molecule has 2 heterocycles. The van der Waals surface area contributed by atoms with Gasteiger partial charge in [-0.1, -0.05) is 5.16 Å². The van der Waals surface area contributed by atoms with E-state index >= 15 is 0 Å². The first-order chi connectivity index (χ1) is 9.72. The maximum Gasteiger partial charge on any atom is 0.257 e. The van der Waals surface area contributed by atoms with Crippen LogP contribution >= 0.6 is 0 Å². The molecule has 2 aromatic rings. The molecule has 0 saturated heterocycles. The van der Waals surface area contributed by atoms with Crippen LogP contribution in [0, 0.1) is 0 Å². The average Bonchev–Trinajstić information content (AvgIpc) is 2.93. The molecule has 106 valence electrons. The van der Waals surface area contributed by atoms with Crippen LogP contribution in [0.2, 0.25) is 0 Å². The summed E-state index contributed by atoms with van der Waals surface area (Å²) in [6.45, 7) is 1.98. The minimum Gasteiger partial charge on any atom is -0.385 e. The van der Waals surface area contributed by atoms with Crippen molar-refractivity contribution in [2.24, 2.45) is 0 Å². The van der Waals surface area contributed by atoms with E-state index in [0.717, 1.165) is 37.3 Å². The molecule has 5 heteroatoms. The zero-order chi connectivity index (χ0) is 13.9. The molecule has 0 bridgehead atoms. The Morgan fingerprint density at radius 3 is 3.10 bits per heavy atom. The molecule has 0 fully saturated rings. The molecular weight excluding hydrogens is 252 g/mol. The Bertz CT molecular complexity index is 591. The fourth-order valence-electron chi connectivity index (χ4n) is 2.40. The largest absolute Gasteiger partial charge is 0.385 e. The number of aryl methyl sites for hydroxylation is 1. The molecule has 5 nitrogen and oxygen atoms in total. The van der Waals surface area contributed by atoms with E-state index in [9.17, 15) is 0 Å². The lowest BCUT2D eigenvalue weighted by Gasteiger charge is -2.17. The van der Waals surface area contributed by atoms with E-state index < -0.39 is 0 Å². The van der Waals surface area contributed by atoms with Gasteiger partial charge in [0.1, 0.15) is 0 Å². The number of nitrogens with zero attached hydrogens (tertiary/aromatic N) is 3. The van der Waals surface area contributed by atoms with Gasteiger partial charge in [-0.3, -0.25) is 0 Å². The van der Waals surface area contributed by atoms with E-state index in [1.54, 1.807) is 0 Å². The third kappa shape index (κ3) is 2.82. The predicted molar refractivity (Wildman–Crippen MR) is 78.8 cm³/mol. The maximum absolute atomic E-state index is 5.37. The second-order valence-corrected chi connectivity index (χ2v) is 5.47. The van der Waals surface area contributed by atoms with Gasteiger partial charge in [-0.25, -0.2) is 0 Å². The van der Waals surface area contributed by atoms with Gasteiger partial charge in [0.25, 0.3) is 5.89 Å². The summed E-state index contributed by atoms with van der Waals surface area (Å²) >= 11 is 0. The van der Waals surface area contributed by atoms with Crippen molar-refractivity contribution in [1.82, 2.24) is 15.0 Å². The first-order valence-electron chi connectivity index (χ1n) is 7.07. The minimum atomic E-state index is 0.618. The average molecular weight is 272 g/mol. The van der Waals surface area contributed by atoms with E-state index in [1.807, 2.05) is 20.2 Å². The molecule has 1 aliphatic heterocycles. The van der Waals surface area contributed by atoms with Crippen LogP contribution in [0.4, 0.5) is 5.69 Å². The number of fused-ring (bicyclic) bond motifs is 1. The fourth-order valence-corrected chi connectivity index (χ4v) is 2.40. The van der Waals surface area contributed by atoms with Gasteiger partial charge in [0.15, 0.2) is 5.82 Å². The molecule has 20 heavy (non-hydrogen) atoms. The number of aromatic nitrogens is 2. The van der Waals surface area contributed by atoms with Gasteiger partial charge in [-0.05, 0) is 50.7 Å². The molecule has 1 aromatic heterocycles. The SMILES string of the molecule is CN(C)CCc1noc(-c2ccc3c(c2)CCCN3)n1. The zero-order valence-electron chi connectivity index (χ0n) is 12.0. The standard InChI is InChI=1S/C15H20N4O/c1-19(2)9-7-14-17-15(20-18-14)12-5-6-13-11(10-12)4-3-8-16-13/h5-6,10,16H,3-4,7-9H2,1-2H3. The van der Waals surface area contributed by atoms with E-state index in [2.05, 4.69) is 32.5 Å². The summed E-state index contributed by atoms with van der Waals surface area (Å²) in [5.74, 6) is 1.39. The Morgan fingerprint density at radius 2 is 2.25 bits per heavy atom. The summed E-state index contributed by atoms with van der Waals surface area (Å²) in [7, 11) is 4.08. The van der Waals surface area contributed by atoms with Crippen LogP contribution < -0.4 is 5.32 Å². The molecule has 0 radical (unpaired) electrons. The monoisotopic (exact) mass is 272 g/mol. The van der Waals surface area contributed by atoms with Crippen LogP contribution in [0.25, 0.3) is 11.5 Å². The van der Waals surface area contributed by atoms with Gasteiger partial charge in [0.05, 0.1) is 0 Å². The highest BCUT2D eigenvalue weighted by atomic mass is 16.5. The molecule has 0 unspecified atom stereocenters. The summed E-state index contributed by atoms with van der Waals surface area (Å²) in [4.78, 5) is 6.59. The number of benzene rings is 1. The second-order valence-electron chi connectivity index (χ2n) is 5.47. The van der Waals surface area contributed by atoms with Gasteiger partial charge in [0.2, 0.25) is 0 Å². The number of nitrogens with one attached hydrogen (secondary N) is 1. The Labute approximate surface area is 119 Å². The molecule has 0 saturated carbocycles. The van der Waals surface area contributed by atoms with Crippen molar-refractivity contribution in [3.8, 4) is 11.5 Å². The molecule has 1 N–H and O–H groups in total. The number of anilines is 1. The highest BCUT2D eigenvalue weighted by molar-refractivity contribution is 5.63. The maximum atomic E-state index is 5.37. The first-order valence-corrected chi connectivity index (χ1v) is 7.07. The van der Waals surface area contributed by atoms with Crippen molar-refractivity contribution in [3.05, 3.63) is 29.6 Å². The smallest absolute Gasteiger partial charge is 0.257 e. The zero-order valence-corrected chi connectivity index (χ0v) is 12.0. The lowest BCUT2D eigenvalue weighted by Crippen LogP contribution is -2.15. The van der Waals surface area contributed by atoms with Crippen LogP contribution in [0.3, 0.4) is 0 Å². The topological polar surface area (TPSA) is 54.2 Å². The van der Waals surface area contributed by atoms with E-state index in [0.29, 0.717) is 5.89 Å². The van der Waals surface area contributed by atoms with Crippen molar-refractivity contribution >= 4 is 5.69 Å². The van der Waals surface area contributed by atoms with Gasteiger partial charge < -0.3 is 14.7 Å². The van der Waals surface area contributed by atoms with Crippen molar-refractivity contribution in [1.29, 1.82) is 0 Å². The van der Waals surface area contributed by atoms with E-state index in [4.69, 9.17) is 4.52 Å². The van der Waals surface area contributed by atoms with E-state index in [-0.39, 0.29) is 0 Å². The Hall–Kier alpha value is -1.88. The summed E-state index contributed by atoms with van der Waals surface area (Å²) in [6, 6.07) is 6.30. The summed E-state index contributed by atoms with van der Waals surface area (Å²) < 4.78 is 5.37. The van der Waals surface area contributed by atoms with Crippen LogP contribution in [0.1, 0.15) is 17.8 Å². The van der Waals surface area contributed by atoms with Crippen molar-refractivity contribution in [2.75, 3.05) is 32.5 Å². The van der Waals surface area contributed by atoms with Crippen molar-refractivity contribution in [2.45, 2.75) is 19.3 Å². The first kappa shape index (κ1) is 13.1. The third-order valence-electron chi connectivity index (χ3n) is 3.54. The van der Waals surface area contributed by atoms with Crippen molar-refractivity contribution < 1.29 is 4.52 Å². The van der Waals surface area contributed by atoms with Gasteiger partial charge in [0, 0.05) is 30.8 Å². The number of hydrogen-bond acceptors (Lipinski definition) is 5. The highest BCUT2D eigenvalue weighted by Crippen LogP contribution is 2.27. The van der Waals surface area contributed by atoms with Gasteiger partial charge >= 0.3 is 0 Å². The number of likely N-dealkylation sites (N-methyl/N-ethyl adjacent to an activating group) is 1. The van der Waals surface area contributed by atoms with E-state index in [1.165, 1.54) is 17.7 Å². The quantitative estimate of drug-likeness (QED) is 0.924. The molecule has 0 spiro atoms. The van der Waals surface area contributed by atoms with Gasteiger partial charge in [-0.15, -0.1) is 0 Å². The molecule has 3 rings (SSSR count). The van der Waals surface area contributed by atoms with Gasteiger partial charge in [-0.2, -0.15) is 4.98 Å². The van der Waals surface area contributed by atoms with Crippen molar-refractivity contribution in [3.63, 3.8) is 0 Å². The van der Waals surface area contributed by atoms with Crippen LogP contribution in [-0.4, -0.2) is 42.2 Å². The molecule has 1 aromatic carbocycles. The lowest BCUT2D eigenvalue weighted by atomic mass is 10.0. The minimum absolute atomic E-state index is 0.618.